The Balaban J connectivity index is 0.00000364. The fourth-order valence-electron chi connectivity index (χ4n) is 2.85. The van der Waals surface area contributed by atoms with Crippen molar-refractivity contribution in [1.82, 2.24) is 20.0 Å². The van der Waals surface area contributed by atoms with Gasteiger partial charge in [0.15, 0.2) is 5.96 Å². The van der Waals surface area contributed by atoms with Crippen LogP contribution < -0.4 is 5.32 Å². The number of nitrogens with one attached hydrogen (secondary N) is 1. The largest absolute Gasteiger partial charge is 0.401 e. The highest BCUT2D eigenvalue weighted by atomic mass is 127. The number of piperazine rings is 1. The quantitative estimate of drug-likeness (QED) is 0.342. The molecule has 0 unspecified atom stereocenters. The van der Waals surface area contributed by atoms with Crippen LogP contribution in [0.3, 0.4) is 0 Å². The second-order valence-electron chi connectivity index (χ2n) is 6.30. The zero-order chi connectivity index (χ0) is 19.2. The van der Waals surface area contributed by atoms with E-state index < -0.39 is 12.7 Å². The molecule has 1 aromatic rings. The van der Waals surface area contributed by atoms with Crippen molar-refractivity contribution in [3.05, 3.63) is 21.3 Å². The maximum absolute atomic E-state index is 12.3. The number of alkyl halides is 3. The molecule has 2 heterocycles. The van der Waals surface area contributed by atoms with E-state index in [-0.39, 0.29) is 24.0 Å². The van der Waals surface area contributed by atoms with Gasteiger partial charge >= 0.3 is 6.18 Å². The van der Waals surface area contributed by atoms with Gasteiger partial charge < -0.3 is 10.2 Å². The SMILES string of the molecule is CN=C(NCCN(C)CC(F)(F)F)N1CCN(Cc2ccc(Cl)s2)CC1.I. The Bertz CT molecular complexity index is 591. The van der Waals surface area contributed by atoms with Crippen LogP contribution in [0.25, 0.3) is 0 Å². The Morgan fingerprint density at radius 1 is 1.30 bits per heavy atom. The van der Waals surface area contributed by atoms with Gasteiger partial charge in [-0.15, -0.1) is 35.3 Å². The van der Waals surface area contributed by atoms with Crippen LogP contribution in [0.1, 0.15) is 4.88 Å². The van der Waals surface area contributed by atoms with E-state index in [4.69, 9.17) is 11.6 Å². The number of aliphatic imine (C=N–C) groups is 1. The molecule has 1 fully saturated rings. The Hall–Kier alpha value is -0.300. The van der Waals surface area contributed by atoms with Crippen LogP contribution in [-0.2, 0) is 6.54 Å². The van der Waals surface area contributed by atoms with E-state index in [9.17, 15) is 13.2 Å². The summed E-state index contributed by atoms with van der Waals surface area (Å²) in [5.74, 6) is 0.740. The van der Waals surface area contributed by atoms with E-state index in [0.29, 0.717) is 13.1 Å². The number of likely N-dealkylation sites (N-methyl/N-ethyl adjacent to an activating group) is 1. The number of halogens is 5. The predicted molar refractivity (Wildman–Crippen MR) is 117 cm³/mol. The minimum atomic E-state index is -4.17. The molecule has 0 aromatic carbocycles. The molecule has 0 bridgehead atoms. The van der Waals surface area contributed by atoms with Crippen LogP contribution >= 0.6 is 46.9 Å². The Morgan fingerprint density at radius 3 is 2.48 bits per heavy atom. The summed E-state index contributed by atoms with van der Waals surface area (Å²) in [6.45, 7) is 4.19. The molecule has 11 heteroatoms. The van der Waals surface area contributed by atoms with Crippen LogP contribution in [0.2, 0.25) is 4.34 Å². The first-order valence-corrected chi connectivity index (χ1v) is 9.64. The maximum atomic E-state index is 12.3. The highest BCUT2D eigenvalue weighted by Gasteiger charge is 2.29. The summed E-state index contributed by atoms with van der Waals surface area (Å²) in [4.78, 5) is 11.3. The molecule has 0 aliphatic carbocycles. The summed E-state index contributed by atoms with van der Waals surface area (Å²) in [7, 11) is 3.16. The Kier molecular flexibility index (Phi) is 10.7. The number of nitrogens with zero attached hydrogens (tertiary/aromatic N) is 4. The average molecular weight is 540 g/mol. The molecule has 1 N–H and O–H groups in total. The van der Waals surface area contributed by atoms with E-state index in [0.717, 1.165) is 43.0 Å². The smallest absolute Gasteiger partial charge is 0.355 e. The minimum absolute atomic E-state index is 0. The van der Waals surface area contributed by atoms with Crippen LogP contribution in [0.4, 0.5) is 13.2 Å². The van der Waals surface area contributed by atoms with Crippen molar-refractivity contribution >= 4 is 52.9 Å². The molecular weight excluding hydrogens is 514 g/mol. The topological polar surface area (TPSA) is 34.1 Å². The molecule has 156 valence electrons. The fraction of sp³-hybridized carbons (Fsp3) is 0.688. The molecule has 1 saturated heterocycles. The van der Waals surface area contributed by atoms with E-state index in [1.807, 2.05) is 6.07 Å². The van der Waals surface area contributed by atoms with Crippen molar-refractivity contribution in [2.24, 2.45) is 4.99 Å². The molecule has 5 nitrogen and oxygen atoms in total. The highest BCUT2D eigenvalue weighted by molar-refractivity contribution is 14.0. The van der Waals surface area contributed by atoms with Crippen molar-refractivity contribution in [1.29, 1.82) is 0 Å². The number of hydrogen-bond donors (Lipinski definition) is 1. The van der Waals surface area contributed by atoms with Crippen LogP contribution in [0, 0.1) is 0 Å². The molecule has 0 amide bonds. The van der Waals surface area contributed by atoms with Crippen molar-refractivity contribution in [3.63, 3.8) is 0 Å². The second kappa shape index (κ2) is 11.6. The second-order valence-corrected chi connectivity index (χ2v) is 8.10. The average Bonchev–Trinajstić information content (AvgIpc) is 2.96. The van der Waals surface area contributed by atoms with Gasteiger partial charge in [0.2, 0.25) is 0 Å². The van der Waals surface area contributed by atoms with Gasteiger partial charge in [0.25, 0.3) is 0 Å². The molecule has 1 aromatic heterocycles. The van der Waals surface area contributed by atoms with Crippen molar-refractivity contribution in [2.45, 2.75) is 12.7 Å². The zero-order valence-electron chi connectivity index (χ0n) is 15.4. The maximum Gasteiger partial charge on any atom is 0.401 e. The summed E-state index contributed by atoms with van der Waals surface area (Å²) in [5.41, 5.74) is 0. The van der Waals surface area contributed by atoms with Gasteiger partial charge in [-0.2, -0.15) is 13.2 Å². The molecular formula is C16H26ClF3IN5S. The minimum Gasteiger partial charge on any atom is -0.355 e. The summed E-state index contributed by atoms with van der Waals surface area (Å²) >= 11 is 7.57. The fourth-order valence-corrected chi connectivity index (χ4v) is 3.98. The molecule has 0 saturated carbocycles. The van der Waals surface area contributed by atoms with Gasteiger partial charge in [-0.05, 0) is 19.2 Å². The third kappa shape index (κ3) is 9.16. The molecule has 27 heavy (non-hydrogen) atoms. The van der Waals surface area contributed by atoms with E-state index in [1.54, 1.807) is 18.4 Å². The standard InChI is InChI=1S/C16H25ClF3N5S.HI/c1-21-15(22-5-6-23(2)12-16(18,19)20)25-9-7-24(8-10-25)11-13-3-4-14(17)26-13;/h3-4H,5-12H2,1-2H3,(H,21,22);1H. The highest BCUT2D eigenvalue weighted by Crippen LogP contribution is 2.23. The third-order valence-corrected chi connectivity index (χ3v) is 5.33. The van der Waals surface area contributed by atoms with Crippen molar-refractivity contribution in [3.8, 4) is 0 Å². The van der Waals surface area contributed by atoms with Gasteiger partial charge in [0.1, 0.15) is 0 Å². The molecule has 1 aliphatic rings. The van der Waals surface area contributed by atoms with Crippen LogP contribution in [0.15, 0.2) is 17.1 Å². The molecule has 1 aliphatic heterocycles. The lowest BCUT2D eigenvalue weighted by Crippen LogP contribution is -2.53. The molecule has 2 rings (SSSR count). The van der Waals surface area contributed by atoms with Crippen molar-refractivity contribution in [2.75, 3.05) is 59.9 Å². The van der Waals surface area contributed by atoms with E-state index >= 15 is 0 Å². The predicted octanol–water partition coefficient (Wildman–Crippen LogP) is 3.21. The number of rotatable bonds is 6. The summed E-state index contributed by atoms with van der Waals surface area (Å²) in [6, 6.07) is 3.97. The van der Waals surface area contributed by atoms with Gasteiger partial charge in [-0.3, -0.25) is 14.8 Å². The monoisotopic (exact) mass is 539 g/mol. The number of guanidine groups is 1. The van der Waals surface area contributed by atoms with Gasteiger partial charge in [0, 0.05) is 57.7 Å². The van der Waals surface area contributed by atoms with Gasteiger partial charge in [-0.25, -0.2) is 0 Å². The summed E-state index contributed by atoms with van der Waals surface area (Å²) < 4.78 is 37.8. The van der Waals surface area contributed by atoms with Gasteiger partial charge in [0.05, 0.1) is 10.9 Å². The first-order valence-electron chi connectivity index (χ1n) is 8.44. The molecule has 0 spiro atoms. The molecule has 0 radical (unpaired) electrons. The zero-order valence-corrected chi connectivity index (χ0v) is 19.3. The normalized spacial score (nSPS) is 16.6. The first kappa shape index (κ1) is 24.7. The number of thiophene rings is 1. The molecule has 0 atom stereocenters. The summed E-state index contributed by atoms with van der Waals surface area (Å²) in [6.07, 6.45) is -4.17. The van der Waals surface area contributed by atoms with Crippen LogP contribution in [-0.4, -0.2) is 86.7 Å². The van der Waals surface area contributed by atoms with Crippen LogP contribution in [0.5, 0.6) is 0 Å². The first-order chi connectivity index (χ1) is 12.3. The lowest BCUT2D eigenvalue weighted by atomic mass is 10.3. The lowest BCUT2D eigenvalue weighted by Gasteiger charge is -2.36. The van der Waals surface area contributed by atoms with Gasteiger partial charge in [-0.1, -0.05) is 11.6 Å². The third-order valence-electron chi connectivity index (χ3n) is 4.12. The summed E-state index contributed by atoms with van der Waals surface area (Å²) in [5, 5.41) is 3.16. The van der Waals surface area contributed by atoms with E-state index in [1.165, 1.54) is 16.8 Å². The lowest BCUT2D eigenvalue weighted by molar-refractivity contribution is -0.142. The van der Waals surface area contributed by atoms with Crippen molar-refractivity contribution < 1.29 is 13.2 Å². The van der Waals surface area contributed by atoms with E-state index in [2.05, 4.69) is 26.2 Å². The number of hydrogen-bond acceptors (Lipinski definition) is 4. The Morgan fingerprint density at radius 2 is 1.96 bits per heavy atom. The Labute approximate surface area is 184 Å².